The topological polar surface area (TPSA) is 77.0 Å². The van der Waals surface area contributed by atoms with Crippen molar-refractivity contribution in [1.82, 2.24) is 5.43 Å². The number of amides is 1. The summed E-state index contributed by atoms with van der Waals surface area (Å²) in [5, 5.41) is 3.97. The van der Waals surface area contributed by atoms with Gasteiger partial charge in [0.25, 0.3) is 5.91 Å². The maximum absolute atomic E-state index is 12.4. The largest absolute Gasteiger partial charge is 0.493 e. The molecule has 0 bridgehead atoms. The molecular formula is C22H16Br2N2O4. The Bertz CT molecular complexity index is 1120. The van der Waals surface area contributed by atoms with Gasteiger partial charge in [0.05, 0.1) is 24.5 Å². The van der Waals surface area contributed by atoms with Gasteiger partial charge in [-0.3, -0.25) is 4.79 Å². The van der Waals surface area contributed by atoms with Crippen LogP contribution in [0.25, 0.3) is 0 Å². The minimum atomic E-state index is -0.503. The van der Waals surface area contributed by atoms with Gasteiger partial charge in [-0.15, -0.1) is 0 Å². The van der Waals surface area contributed by atoms with Crippen LogP contribution in [0.3, 0.4) is 0 Å². The maximum atomic E-state index is 12.4. The monoisotopic (exact) mass is 530 g/mol. The van der Waals surface area contributed by atoms with Crippen LogP contribution in [0.2, 0.25) is 0 Å². The zero-order chi connectivity index (χ0) is 21.5. The number of nitrogens with one attached hydrogen (secondary N) is 1. The van der Waals surface area contributed by atoms with Gasteiger partial charge in [-0.2, -0.15) is 5.10 Å². The minimum Gasteiger partial charge on any atom is -0.493 e. The molecule has 0 spiro atoms. The highest BCUT2D eigenvalue weighted by Crippen LogP contribution is 2.28. The van der Waals surface area contributed by atoms with E-state index in [0.29, 0.717) is 26.9 Å². The first kappa shape index (κ1) is 21.7. The van der Waals surface area contributed by atoms with Crippen LogP contribution in [-0.4, -0.2) is 25.2 Å². The lowest BCUT2D eigenvalue weighted by molar-refractivity contribution is 0.0729. The Labute approximate surface area is 190 Å². The molecule has 0 aliphatic carbocycles. The van der Waals surface area contributed by atoms with Crippen molar-refractivity contribution in [1.29, 1.82) is 0 Å². The molecule has 3 aromatic carbocycles. The number of nitrogens with zero attached hydrogens (tertiary/aromatic N) is 1. The fourth-order valence-electron chi connectivity index (χ4n) is 2.49. The molecule has 0 radical (unpaired) electrons. The molecule has 6 nitrogen and oxygen atoms in total. The first-order valence-electron chi connectivity index (χ1n) is 8.71. The highest BCUT2D eigenvalue weighted by Gasteiger charge is 2.13. The van der Waals surface area contributed by atoms with E-state index in [4.69, 9.17) is 9.47 Å². The summed E-state index contributed by atoms with van der Waals surface area (Å²) in [6.45, 7) is 0. The molecule has 1 amide bonds. The lowest BCUT2D eigenvalue weighted by atomic mass is 10.2. The third-order valence-corrected chi connectivity index (χ3v) is 5.13. The van der Waals surface area contributed by atoms with Crippen molar-refractivity contribution in [3.8, 4) is 11.5 Å². The van der Waals surface area contributed by atoms with Gasteiger partial charge < -0.3 is 9.47 Å². The van der Waals surface area contributed by atoms with E-state index >= 15 is 0 Å². The number of hydrogen-bond donors (Lipinski definition) is 1. The first-order chi connectivity index (χ1) is 14.5. The lowest BCUT2D eigenvalue weighted by Crippen LogP contribution is -2.18. The van der Waals surface area contributed by atoms with Crippen molar-refractivity contribution in [2.24, 2.45) is 5.10 Å². The van der Waals surface area contributed by atoms with Crippen LogP contribution < -0.4 is 14.9 Å². The van der Waals surface area contributed by atoms with E-state index in [9.17, 15) is 9.59 Å². The fourth-order valence-corrected chi connectivity index (χ4v) is 3.36. The molecule has 8 heteroatoms. The molecule has 0 fully saturated rings. The highest BCUT2D eigenvalue weighted by molar-refractivity contribution is 9.10. The zero-order valence-corrected chi connectivity index (χ0v) is 18.9. The number of hydrogen-bond acceptors (Lipinski definition) is 5. The second kappa shape index (κ2) is 10.2. The van der Waals surface area contributed by atoms with Crippen LogP contribution >= 0.6 is 31.9 Å². The van der Waals surface area contributed by atoms with Crippen molar-refractivity contribution < 1.29 is 19.1 Å². The van der Waals surface area contributed by atoms with Gasteiger partial charge in [-0.25, -0.2) is 10.2 Å². The van der Waals surface area contributed by atoms with Gasteiger partial charge in [-0.1, -0.05) is 34.1 Å². The molecule has 1 N–H and O–H groups in total. The van der Waals surface area contributed by atoms with Crippen molar-refractivity contribution in [3.63, 3.8) is 0 Å². The van der Waals surface area contributed by atoms with E-state index in [1.54, 1.807) is 54.6 Å². The van der Waals surface area contributed by atoms with Crippen molar-refractivity contribution in [2.75, 3.05) is 7.11 Å². The van der Waals surface area contributed by atoms with Gasteiger partial charge in [0, 0.05) is 8.95 Å². The predicted molar refractivity (Wildman–Crippen MR) is 121 cm³/mol. The molecule has 0 aliphatic heterocycles. The van der Waals surface area contributed by atoms with E-state index in [2.05, 4.69) is 42.4 Å². The summed E-state index contributed by atoms with van der Waals surface area (Å²) in [4.78, 5) is 24.5. The van der Waals surface area contributed by atoms with Crippen molar-refractivity contribution in [2.45, 2.75) is 0 Å². The van der Waals surface area contributed by atoms with Gasteiger partial charge >= 0.3 is 5.97 Å². The SMILES string of the molecule is COc1cc(/C=N\NC(=O)c2ccccc2Br)ccc1OC(=O)c1cccc(Br)c1. The normalized spacial score (nSPS) is 10.6. The standard InChI is InChI=1S/C22H16Br2N2O4/c1-29-20-11-14(13-25-26-21(27)17-7-2-3-8-18(17)24)9-10-19(20)30-22(28)15-5-4-6-16(23)12-15/h2-13H,1H3,(H,26,27)/b25-13-. The van der Waals surface area contributed by atoms with Crippen LogP contribution in [0.5, 0.6) is 11.5 Å². The molecule has 0 heterocycles. The third-order valence-electron chi connectivity index (χ3n) is 3.95. The molecule has 3 aromatic rings. The Morgan fingerprint density at radius 2 is 1.77 bits per heavy atom. The number of rotatable bonds is 6. The molecule has 3 rings (SSSR count). The molecule has 0 aromatic heterocycles. The molecular weight excluding hydrogens is 516 g/mol. The second-order valence-corrected chi connectivity index (χ2v) is 7.76. The smallest absolute Gasteiger partial charge is 0.343 e. The van der Waals surface area contributed by atoms with E-state index in [0.717, 1.165) is 4.47 Å². The van der Waals surface area contributed by atoms with Crippen molar-refractivity contribution >= 4 is 50.0 Å². The second-order valence-electron chi connectivity index (χ2n) is 5.99. The summed E-state index contributed by atoms with van der Waals surface area (Å²) >= 11 is 6.65. The molecule has 0 aliphatic rings. The first-order valence-corrected chi connectivity index (χ1v) is 10.3. The number of ether oxygens (including phenoxy) is 2. The van der Waals surface area contributed by atoms with E-state index in [-0.39, 0.29) is 11.7 Å². The molecule has 0 saturated heterocycles. The summed E-state index contributed by atoms with van der Waals surface area (Å²) in [6.07, 6.45) is 1.47. The predicted octanol–water partition coefficient (Wildman–Crippen LogP) is 5.20. The van der Waals surface area contributed by atoms with E-state index < -0.39 is 5.97 Å². The number of hydrazone groups is 1. The Hall–Kier alpha value is -2.97. The molecule has 0 saturated carbocycles. The summed E-state index contributed by atoms with van der Waals surface area (Å²) in [5.74, 6) is -0.210. The number of esters is 1. The average Bonchev–Trinajstić information content (AvgIpc) is 2.74. The summed E-state index contributed by atoms with van der Waals surface area (Å²) in [6, 6.07) is 18.9. The van der Waals surface area contributed by atoms with Crippen molar-refractivity contribution in [3.05, 3.63) is 92.4 Å². The van der Waals surface area contributed by atoms with E-state index in [1.165, 1.54) is 13.3 Å². The van der Waals surface area contributed by atoms with Crippen LogP contribution in [-0.2, 0) is 0 Å². The molecule has 152 valence electrons. The third kappa shape index (κ3) is 5.55. The van der Waals surface area contributed by atoms with Crippen LogP contribution in [0.4, 0.5) is 0 Å². The Morgan fingerprint density at radius 1 is 0.967 bits per heavy atom. The Balaban J connectivity index is 1.69. The van der Waals surface area contributed by atoms with Gasteiger partial charge in [0.1, 0.15) is 0 Å². The van der Waals surface area contributed by atoms with E-state index in [1.807, 2.05) is 12.1 Å². The van der Waals surface area contributed by atoms with Gasteiger partial charge in [0.15, 0.2) is 11.5 Å². The molecule has 30 heavy (non-hydrogen) atoms. The summed E-state index contributed by atoms with van der Waals surface area (Å²) in [7, 11) is 1.47. The summed E-state index contributed by atoms with van der Waals surface area (Å²) < 4.78 is 12.2. The number of carbonyl (C=O) groups is 2. The maximum Gasteiger partial charge on any atom is 0.343 e. The average molecular weight is 532 g/mol. The van der Waals surface area contributed by atoms with Gasteiger partial charge in [-0.05, 0) is 70.0 Å². The number of halogens is 2. The molecule has 0 atom stereocenters. The summed E-state index contributed by atoms with van der Waals surface area (Å²) in [5.41, 5.74) is 4.01. The number of benzene rings is 3. The Kier molecular flexibility index (Phi) is 7.37. The fraction of sp³-hybridized carbons (Fsp3) is 0.0455. The van der Waals surface area contributed by atoms with Crippen LogP contribution in [0, 0.1) is 0 Å². The number of carbonyl (C=O) groups excluding carboxylic acids is 2. The zero-order valence-electron chi connectivity index (χ0n) is 15.8. The molecule has 0 unspecified atom stereocenters. The Morgan fingerprint density at radius 3 is 2.50 bits per heavy atom. The highest BCUT2D eigenvalue weighted by atomic mass is 79.9. The minimum absolute atomic E-state index is 0.275. The lowest BCUT2D eigenvalue weighted by Gasteiger charge is -2.10. The number of methoxy groups -OCH3 is 1. The van der Waals surface area contributed by atoms with Crippen LogP contribution in [0.1, 0.15) is 26.3 Å². The van der Waals surface area contributed by atoms with Gasteiger partial charge in [0.2, 0.25) is 0 Å². The quantitative estimate of drug-likeness (QED) is 0.205. The van der Waals surface area contributed by atoms with Crippen LogP contribution in [0.15, 0.2) is 80.8 Å².